The molecule has 0 saturated carbocycles. The van der Waals surface area contributed by atoms with Crippen molar-refractivity contribution >= 4 is 40.2 Å². The van der Waals surface area contributed by atoms with Crippen LogP contribution in [0.15, 0.2) is 31.1 Å². The van der Waals surface area contributed by atoms with Gasteiger partial charge in [0.1, 0.15) is 29.4 Å². The van der Waals surface area contributed by atoms with Crippen molar-refractivity contribution in [2.45, 2.75) is 26.1 Å². The number of carbonyl (C=O) groups excluding carboxylic acids is 1. The summed E-state index contributed by atoms with van der Waals surface area (Å²) in [6, 6.07) is 2.55. The van der Waals surface area contributed by atoms with Gasteiger partial charge in [-0.3, -0.25) is 4.79 Å². The number of halogens is 4. The third-order valence-corrected chi connectivity index (χ3v) is 5.97. The Bertz CT molecular complexity index is 1300. The first-order valence-corrected chi connectivity index (χ1v) is 10.7. The maximum Gasteiger partial charge on any atom is 0.418 e. The molecular weight excluding hydrogens is 471 g/mol. The smallest absolute Gasteiger partial charge is 0.384 e. The molecule has 1 amide bonds. The normalized spacial score (nSPS) is 16.7. The number of anilines is 2. The summed E-state index contributed by atoms with van der Waals surface area (Å²) in [5.74, 6) is 0.290. The molecule has 2 N–H and O–H groups in total. The van der Waals surface area contributed by atoms with Crippen molar-refractivity contribution in [1.82, 2.24) is 24.8 Å². The lowest BCUT2D eigenvalue weighted by Gasteiger charge is -2.40. The van der Waals surface area contributed by atoms with E-state index in [9.17, 15) is 18.0 Å². The summed E-state index contributed by atoms with van der Waals surface area (Å²) in [6.45, 7) is 8.17. The van der Waals surface area contributed by atoms with E-state index in [2.05, 4.69) is 26.5 Å². The number of aryl methyl sites for hydroxylation is 1. The van der Waals surface area contributed by atoms with Gasteiger partial charge in [-0.25, -0.2) is 19.9 Å². The molecule has 3 aromatic rings. The lowest BCUT2D eigenvalue weighted by Crippen LogP contribution is -2.53. The van der Waals surface area contributed by atoms with Crippen LogP contribution in [0.4, 0.5) is 24.8 Å². The standard InChI is InChI=1S/C22H21ClF3N7O/c1-4-16(34)32-5-6-33(12(3)9-32)21-13-8-14(23)18(31-20(13)28-10-29-21)19-17(22(24,25)26)11(2)7-15(27)30-19/h4,7-8,10,12H,1,5-6,9H2,2-3H3,(H2,27,30)/t12-/m0/s1. The molecular formula is C22H21ClF3N7O. The second-order valence-electron chi connectivity index (χ2n) is 8.00. The van der Waals surface area contributed by atoms with Crippen molar-refractivity contribution in [3.63, 3.8) is 0 Å². The topological polar surface area (TPSA) is 101 Å². The molecule has 8 nitrogen and oxygen atoms in total. The first-order chi connectivity index (χ1) is 16.0. The van der Waals surface area contributed by atoms with Crippen LogP contribution >= 0.6 is 11.6 Å². The molecule has 3 aromatic heterocycles. The molecule has 1 saturated heterocycles. The van der Waals surface area contributed by atoms with Gasteiger partial charge >= 0.3 is 6.18 Å². The summed E-state index contributed by atoms with van der Waals surface area (Å²) in [6.07, 6.45) is -2.12. The molecule has 178 valence electrons. The van der Waals surface area contributed by atoms with Crippen molar-refractivity contribution < 1.29 is 18.0 Å². The molecule has 1 aliphatic rings. The van der Waals surface area contributed by atoms with Gasteiger partial charge in [-0.2, -0.15) is 13.2 Å². The van der Waals surface area contributed by atoms with Crippen molar-refractivity contribution in [3.05, 3.63) is 47.3 Å². The van der Waals surface area contributed by atoms with Crippen molar-refractivity contribution in [2.75, 3.05) is 30.3 Å². The highest BCUT2D eigenvalue weighted by Crippen LogP contribution is 2.41. The van der Waals surface area contributed by atoms with Crippen LogP contribution in [0.5, 0.6) is 0 Å². The van der Waals surface area contributed by atoms with E-state index in [1.54, 1.807) is 4.90 Å². The van der Waals surface area contributed by atoms with Gasteiger partial charge in [0.2, 0.25) is 5.91 Å². The number of nitrogens with two attached hydrogens (primary N) is 1. The van der Waals surface area contributed by atoms with Crippen LogP contribution in [-0.4, -0.2) is 56.4 Å². The predicted molar refractivity (Wildman–Crippen MR) is 123 cm³/mol. The van der Waals surface area contributed by atoms with Gasteiger partial charge in [-0.05, 0) is 37.6 Å². The minimum atomic E-state index is -4.69. The molecule has 1 atom stereocenters. The van der Waals surface area contributed by atoms with E-state index in [0.29, 0.717) is 30.8 Å². The first kappa shape index (κ1) is 23.7. The summed E-state index contributed by atoms with van der Waals surface area (Å²) in [5.41, 5.74) is 4.23. The minimum Gasteiger partial charge on any atom is -0.384 e. The first-order valence-electron chi connectivity index (χ1n) is 10.3. The highest BCUT2D eigenvalue weighted by atomic mass is 35.5. The Hall–Kier alpha value is -3.47. The van der Waals surface area contributed by atoms with Crippen LogP contribution in [0.1, 0.15) is 18.1 Å². The number of carbonyl (C=O) groups is 1. The second kappa shape index (κ2) is 8.71. The number of hydrogen-bond acceptors (Lipinski definition) is 7. The fourth-order valence-electron chi connectivity index (χ4n) is 4.17. The van der Waals surface area contributed by atoms with Gasteiger partial charge in [0, 0.05) is 25.7 Å². The number of alkyl halides is 3. The third kappa shape index (κ3) is 4.23. The Balaban J connectivity index is 1.82. The average Bonchev–Trinajstić information content (AvgIpc) is 2.76. The molecule has 0 unspecified atom stereocenters. The van der Waals surface area contributed by atoms with Crippen LogP contribution in [0, 0.1) is 6.92 Å². The number of fused-ring (bicyclic) bond motifs is 1. The van der Waals surface area contributed by atoms with E-state index in [1.807, 2.05) is 11.8 Å². The van der Waals surface area contributed by atoms with Crippen LogP contribution in [0.25, 0.3) is 22.4 Å². The second-order valence-corrected chi connectivity index (χ2v) is 8.41. The lowest BCUT2D eigenvalue weighted by atomic mass is 10.0. The lowest BCUT2D eigenvalue weighted by molar-refractivity contribution is -0.137. The minimum absolute atomic E-state index is 0.0420. The van der Waals surface area contributed by atoms with E-state index in [4.69, 9.17) is 17.3 Å². The van der Waals surface area contributed by atoms with Gasteiger partial charge in [0.05, 0.1) is 16.0 Å². The Morgan fingerprint density at radius 1 is 1.24 bits per heavy atom. The van der Waals surface area contributed by atoms with Crippen molar-refractivity contribution in [3.8, 4) is 11.4 Å². The molecule has 1 fully saturated rings. The largest absolute Gasteiger partial charge is 0.418 e. The summed E-state index contributed by atoms with van der Waals surface area (Å²) in [7, 11) is 0. The molecule has 0 radical (unpaired) electrons. The number of nitrogens with zero attached hydrogens (tertiary/aromatic N) is 6. The van der Waals surface area contributed by atoms with Gasteiger partial charge < -0.3 is 15.5 Å². The van der Waals surface area contributed by atoms with E-state index in [1.165, 1.54) is 25.4 Å². The Kier molecular flexibility index (Phi) is 6.07. The molecule has 4 rings (SSSR count). The van der Waals surface area contributed by atoms with Crippen molar-refractivity contribution in [1.29, 1.82) is 0 Å². The summed E-state index contributed by atoms with van der Waals surface area (Å²) >= 11 is 6.45. The summed E-state index contributed by atoms with van der Waals surface area (Å²) in [4.78, 5) is 32.4. The zero-order chi connectivity index (χ0) is 24.8. The molecule has 4 heterocycles. The fraction of sp³-hybridized carbons (Fsp3) is 0.318. The monoisotopic (exact) mass is 491 g/mol. The molecule has 34 heavy (non-hydrogen) atoms. The van der Waals surface area contributed by atoms with Gasteiger partial charge in [0.25, 0.3) is 0 Å². The third-order valence-electron chi connectivity index (χ3n) is 5.69. The number of amides is 1. The van der Waals surface area contributed by atoms with Crippen LogP contribution < -0.4 is 10.6 Å². The molecule has 12 heteroatoms. The number of nitrogen functional groups attached to an aromatic ring is 1. The zero-order valence-electron chi connectivity index (χ0n) is 18.4. The Labute approximate surface area is 198 Å². The predicted octanol–water partition coefficient (Wildman–Crippen LogP) is 3.87. The zero-order valence-corrected chi connectivity index (χ0v) is 19.2. The van der Waals surface area contributed by atoms with Crippen LogP contribution in [0.3, 0.4) is 0 Å². The summed E-state index contributed by atoms with van der Waals surface area (Å²) in [5, 5.41) is 0.431. The Morgan fingerprint density at radius 3 is 2.62 bits per heavy atom. The van der Waals surface area contributed by atoms with E-state index in [-0.39, 0.29) is 39.7 Å². The molecule has 0 aromatic carbocycles. The maximum absolute atomic E-state index is 13.8. The van der Waals surface area contributed by atoms with Crippen LogP contribution in [-0.2, 0) is 11.0 Å². The van der Waals surface area contributed by atoms with E-state index in [0.717, 1.165) is 6.07 Å². The van der Waals surface area contributed by atoms with E-state index >= 15 is 0 Å². The highest BCUT2D eigenvalue weighted by molar-refractivity contribution is 6.33. The highest BCUT2D eigenvalue weighted by Gasteiger charge is 2.38. The molecule has 0 spiro atoms. The number of pyridine rings is 2. The molecule has 0 bridgehead atoms. The number of rotatable bonds is 3. The Morgan fingerprint density at radius 2 is 1.97 bits per heavy atom. The van der Waals surface area contributed by atoms with Gasteiger partial charge in [-0.1, -0.05) is 18.2 Å². The van der Waals surface area contributed by atoms with Gasteiger partial charge in [-0.15, -0.1) is 0 Å². The number of hydrogen-bond donors (Lipinski definition) is 1. The SMILES string of the molecule is C=CC(=O)N1CCN(c2ncnc3nc(-c4nc(N)cc(C)c4C(F)(F)F)c(Cl)cc23)[C@@H](C)C1. The van der Waals surface area contributed by atoms with E-state index < -0.39 is 17.4 Å². The van der Waals surface area contributed by atoms with Crippen LogP contribution in [0.2, 0.25) is 5.02 Å². The maximum atomic E-state index is 13.8. The summed E-state index contributed by atoms with van der Waals surface area (Å²) < 4.78 is 41.5. The quantitative estimate of drug-likeness (QED) is 0.555. The van der Waals surface area contributed by atoms with Crippen molar-refractivity contribution in [2.24, 2.45) is 0 Å². The average molecular weight is 492 g/mol. The number of piperazine rings is 1. The number of aromatic nitrogens is 4. The molecule has 1 aliphatic heterocycles. The molecule has 0 aliphatic carbocycles. The fourth-order valence-corrected chi connectivity index (χ4v) is 4.41. The van der Waals surface area contributed by atoms with Gasteiger partial charge in [0.15, 0.2) is 5.65 Å².